The monoisotopic (exact) mass is 322 g/mol. The third-order valence-electron chi connectivity index (χ3n) is 7.38. The van der Waals surface area contributed by atoms with E-state index >= 15 is 0 Å². The molecule has 23 heavy (non-hydrogen) atoms. The van der Waals surface area contributed by atoms with Crippen molar-refractivity contribution in [2.24, 2.45) is 22.7 Å². The van der Waals surface area contributed by atoms with Crippen LogP contribution < -0.4 is 0 Å². The van der Waals surface area contributed by atoms with Gasteiger partial charge in [-0.1, -0.05) is 27.7 Å². The molecule has 1 saturated heterocycles. The predicted octanol–water partition coefficient (Wildman–Crippen LogP) is 3.87. The van der Waals surface area contributed by atoms with Crippen molar-refractivity contribution in [3.05, 3.63) is 0 Å². The fourth-order valence-electron chi connectivity index (χ4n) is 6.19. The largest absolute Gasteiger partial charge is 0.462 e. The van der Waals surface area contributed by atoms with E-state index < -0.39 is 0 Å². The number of hydrogen-bond acceptors (Lipinski definition) is 4. The second-order valence-electron chi connectivity index (χ2n) is 8.77. The summed E-state index contributed by atoms with van der Waals surface area (Å²) < 4.78 is 11.7. The highest BCUT2D eigenvalue weighted by Crippen LogP contribution is 2.66. The average Bonchev–Trinajstić information content (AvgIpc) is 2.83. The highest BCUT2D eigenvalue weighted by atomic mass is 16.6. The maximum Gasteiger partial charge on any atom is 0.306 e. The van der Waals surface area contributed by atoms with Crippen molar-refractivity contribution >= 4 is 11.9 Å². The van der Waals surface area contributed by atoms with E-state index in [-0.39, 0.29) is 34.5 Å². The van der Waals surface area contributed by atoms with Crippen molar-refractivity contribution in [3.8, 4) is 0 Å². The molecule has 3 aliphatic rings. The van der Waals surface area contributed by atoms with Crippen LogP contribution in [0.15, 0.2) is 0 Å². The van der Waals surface area contributed by atoms with Crippen LogP contribution in [0.5, 0.6) is 0 Å². The van der Waals surface area contributed by atoms with E-state index in [0.29, 0.717) is 18.3 Å². The molecule has 3 rings (SSSR count). The van der Waals surface area contributed by atoms with E-state index in [1.807, 2.05) is 0 Å². The normalized spacial score (nSPS) is 45.4. The molecular weight excluding hydrogens is 292 g/mol. The molecule has 2 aliphatic carbocycles. The van der Waals surface area contributed by atoms with Gasteiger partial charge in [0.15, 0.2) is 0 Å². The van der Waals surface area contributed by atoms with Gasteiger partial charge in [0.2, 0.25) is 0 Å². The lowest BCUT2D eigenvalue weighted by Gasteiger charge is -2.63. The molecule has 0 aromatic carbocycles. The van der Waals surface area contributed by atoms with Crippen LogP contribution in [0.4, 0.5) is 0 Å². The SMILES string of the molecule is CC(=O)O[C@H]1CC[C@@]2(C)[C@H](CC[C@@H](C)[C@]23CCC(=O)O3)C1(C)C. The summed E-state index contributed by atoms with van der Waals surface area (Å²) in [6, 6.07) is 0. The molecule has 0 aromatic rings. The molecule has 1 heterocycles. The summed E-state index contributed by atoms with van der Waals surface area (Å²) in [5.41, 5.74) is -0.455. The van der Waals surface area contributed by atoms with Crippen molar-refractivity contribution in [2.75, 3.05) is 0 Å². The van der Waals surface area contributed by atoms with E-state index in [2.05, 4.69) is 27.7 Å². The molecule has 1 aliphatic heterocycles. The lowest BCUT2D eigenvalue weighted by atomic mass is 9.44. The van der Waals surface area contributed by atoms with E-state index in [0.717, 1.165) is 32.1 Å². The van der Waals surface area contributed by atoms with E-state index in [1.54, 1.807) is 0 Å². The van der Waals surface area contributed by atoms with Crippen molar-refractivity contribution < 1.29 is 19.1 Å². The number of rotatable bonds is 1. The summed E-state index contributed by atoms with van der Waals surface area (Å²) in [5, 5.41) is 0. The molecular formula is C19H30O4. The van der Waals surface area contributed by atoms with Gasteiger partial charge in [-0.05, 0) is 43.9 Å². The molecule has 0 bridgehead atoms. The molecule has 130 valence electrons. The molecule has 0 N–H and O–H groups in total. The van der Waals surface area contributed by atoms with Crippen molar-refractivity contribution in [1.82, 2.24) is 0 Å². The molecule has 4 heteroatoms. The third kappa shape index (κ3) is 2.24. The first kappa shape index (κ1) is 16.8. The number of fused-ring (bicyclic) bond motifs is 2. The number of esters is 2. The van der Waals surface area contributed by atoms with Gasteiger partial charge in [0.05, 0.1) is 0 Å². The molecule has 3 fully saturated rings. The quantitative estimate of drug-likeness (QED) is 0.688. The lowest BCUT2D eigenvalue weighted by molar-refractivity contribution is -0.235. The first-order chi connectivity index (χ1) is 10.6. The number of hydrogen-bond donors (Lipinski definition) is 0. The molecule has 0 radical (unpaired) electrons. The van der Waals surface area contributed by atoms with Gasteiger partial charge in [0.1, 0.15) is 11.7 Å². The van der Waals surface area contributed by atoms with Crippen molar-refractivity contribution in [3.63, 3.8) is 0 Å². The van der Waals surface area contributed by atoms with E-state index in [9.17, 15) is 9.59 Å². The van der Waals surface area contributed by atoms with Crippen LogP contribution in [0.2, 0.25) is 0 Å². The fourth-order valence-corrected chi connectivity index (χ4v) is 6.19. The van der Waals surface area contributed by atoms with Crippen LogP contribution in [0.3, 0.4) is 0 Å². The summed E-state index contributed by atoms with van der Waals surface area (Å²) >= 11 is 0. The number of carbonyl (C=O) groups is 2. The smallest absolute Gasteiger partial charge is 0.306 e. The molecule has 0 aromatic heterocycles. The van der Waals surface area contributed by atoms with Crippen LogP contribution in [-0.4, -0.2) is 23.6 Å². The Kier molecular flexibility index (Phi) is 3.81. The Morgan fingerprint density at radius 3 is 2.43 bits per heavy atom. The van der Waals surface area contributed by atoms with Gasteiger partial charge in [0, 0.05) is 24.2 Å². The van der Waals surface area contributed by atoms with Crippen LogP contribution in [0.1, 0.15) is 73.1 Å². The Balaban J connectivity index is 1.98. The second-order valence-corrected chi connectivity index (χ2v) is 8.77. The molecule has 5 atom stereocenters. The lowest BCUT2D eigenvalue weighted by Crippen LogP contribution is -2.64. The first-order valence-electron chi connectivity index (χ1n) is 9.02. The summed E-state index contributed by atoms with van der Waals surface area (Å²) in [6.45, 7) is 10.5. The Bertz CT molecular complexity index is 525. The van der Waals surface area contributed by atoms with Crippen LogP contribution in [0, 0.1) is 22.7 Å². The minimum absolute atomic E-state index is 0.0308. The van der Waals surface area contributed by atoms with Crippen molar-refractivity contribution in [2.45, 2.75) is 84.8 Å². The average molecular weight is 322 g/mol. The number of carbonyl (C=O) groups excluding carboxylic acids is 2. The second kappa shape index (κ2) is 5.22. The Morgan fingerprint density at radius 1 is 1.17 bits per heavy atom. The predicted molar refractivity (Wildman–Crippen MR) is 86.6 cm³/mol. The minimum Gasteiger partial charge on any atom is -0.462 e. The van der Waals surface area contributed by atoms with Crippen LogP contribution in [-0.2, 0) is 19.1 Å². The van der Waals surface area contributed by atoms with Gasteiger partial charge in [-0.2, -0.15) is 0 Å². The van der Waals surface area contributed by atoms with Crippen molar-refractivity contribution in [1.29, 1.82) is 0 Å². The minimum atomic E-state index is -0.328. The van der Waals surface area contributed by atoms with Gasteiger partial charge >= 0.3 is 11.9 Å². The van der Waals surface area contributed by atoms with E-state index in [4.69, 9.17) is 9.47 Å². The van der Waals surface area contributed by atoms with E-state index in [1.165, 1.54) is 6.92 Å². The molecule has 0 unspecified atom stereocenters. The molecule has 4 nitrogen and oxygen atoms in total. The van der Waals surface area contributed by atoms with Gasteiger partial charge in [-0.15, -0.1) is 0 Å². The Morgan fingerprint density at radius 2 is 1.87 bits per heavy atom. The standard InChI is InChI=1S/C19H30O4/c1-12-6-7-14-17(3,4)15(22-13(2)20)8-10-18(14,5)19(12)11-9-16(21)23-19/h12,14-15H,6-11H2,1-5H3/t12-,14-,15+,18+,19-/m1/s1. The Labute approximate surface area is 139 Å². The zero-order valence-corrected chi connectivity index (χ0v) is 15.1. The highest BCUT2D eigenvalue weighted by molar-refractivity contribution is 5.72. The van der Waals surface area contributed by atoms with Gasteiger partial charge in [-0.3, -0.25) is 9.59 Å². The Hall–Kier alpha value is -1.06. The van der Waals surface area contributed by atoms with Crippen LogP contribution >= 0.6 is 0 Å². The first-order valence-corrected chi connectivity index (χ1v) is 9.02. The van der Waals surface area contributed by atoms with Crippen LogP contribution in [0.25, 0.3) is 0 Å². The zero-order chi connectivity index (χ0) is 17.0. The molecule has 0 amide bonds. The van der Waals surface area contributed by atoms with Gasteiger partial charge in [-0.25, -0.2) is 0 Å². The summed E-state index contributed by atoms with van der Waals surface area (Å²) in [5.74, 6) is 0.558. The molecule has 1 spiro atoms. The topological polar surface area (TPSA) is 52.6 Å². The summed E-state index contributed by atoms with van der Waals surface area (Å²) in [6.07, 6.45) is 5.34. The fraction of sp³-hybridized carbons (Fsp3) is 0.895. The highest BCUT2D eigenvalue weighted by Gasteiger charge is 2.67. The zero-order valence-electron chi connectivity index (χ0n) is 15.1. The summed E-state index contributed by atoms with van der Waals surface area (Å²) in [4.78, 5) is 23.5. The van der Waals surface area contributed by atoms with Gasteiger partial charge in [0.25, 0.3) is 0 Å². The maximum atomic E-state index is 12.0. The maximum absolute atomic E-state index is 12.0. The number of ether oxygens (including phenoxy) is 2. The molecule has 2 saturated carbocycles. The summed E-state index contributed by atoms with van der Waals surface area (Å²) in [7, 11) is 0. The third-order valence-corrected chi connectivity index (χ3v) is 7.38. The van der Waals surface area contributed by atoms with Gasteiger partial charge < -0.3 is 9.47 Å².